The zero-order valence-corrected chi connectivity index (χ0v) is 24.8. The second kappa shape index (κ2) is 13.5. The number of nitrogens with zero attached hydrogens (tertiary/aromatic N) is 1. The molecule has 2 aliphatic carbocycles. The molecule has 1 amide bonds. The summed E-state index contributed by atoms with van der Waals surface area (Å²) in [5.41, 5.74) is 3.75. The summed E-state index contributed by atoms with van der Waals surface area (Å²) in [6.45, 7) is 9.47. The van der Waals surface area contributed by atoms with Gasteiger partial charge in [0.1, 0.15) is 5.60 Å². The number of hydrogen-bond donors (Lipinski definition) is 1. The summed E-state index contributed by atoms with van der Waals surface area (Å²) in [7, 11) is 1.38. The van der Waals surface area contributed by atoms with Gasteiger partial charge in [-0.05, 0) is 101 Å². The number of amides is 1. The molecule has 6 heteroatoms. The normalized spacial score (nSPS) is 22.9. The van der Waals surface area contributed by atoms with Gasteiger partial charge in [-0.15, -0.1) is 0 Å². The van der Waals surface area contributed by atoms with Crippen molar-refractivity contribution < 1.29 is 19.1 Å². The van der Waals surface area contributed by atoms with Gasteiger partial charge in [0.15, 0.2) is 0 Å². The lowest BCUT2D eigenvalue weighted by molar-refractivity contribution is 0.00796. The average molecular weight is 547 g/mol. The van der Waals surface area contributed by atoms with Crippen LogP contribution < -0.4 is 5.32 Å². The van der Waals surface area contributed by atoms with Gasteiger partial charge in [-0.2, -0.15) is 0 Å². The summed E-state index contributed by atoms with van der Waals surface area (Å²) in [6, 6.07) is 18.6. The summed E-state index contributed by atoms with van der Waals surface area (Å²) >= 11 is 0. The van der Waals surface area contributed by atoms with E-state index in [0.717, 1.165) is 44.2 Å². The molecular weight excluding hydrogens is 500 g/mol. The van der Waals surface area contributed by atoms with E-state index in [9.17, 15) is 9.59 Å². The molecule has 0 spiro atoms. The number of ether oxygens (including phenoxy) is 2. The first-order chi connectivity index (χ1) is 19.2. The Kier molecular flexibility index (Phi) is 10.1. The molecule has 2 atom stereocenters. The Morgan fingerprint density at radius 3 is 2.27 bits per heavy atom. The van der Waals surface area contributed by atoms with E-state index >= 15 is 0 Å². The molecule has 1 N–H and O–H groups in total. The van der Waals surface area contributed by atoms with Crippen LogP contribution >= 0.6 is 0 Å². The second-order valence-corrected chi connectivity index (χ2v) is 12.3. The van der Waals surface area contributed by atoms with E-state index in [1.54, 1.807) is 17.7 Å². The van der Waals surface area contributed by atoms with E-state index in [1.165, 1.54) is 19.1 Å². The zero-order chi connectivity index (χ0) is 28.7. The smallest absolute Gasteiger partial charge is 0.410 e. The third-order valence-electron chi connectivity index (χ3n) is 8.11. The third-order valence-corrected chi connectivity index (χ3v) is 8.11. The average Bonchev–Trinajstić information content (AvgIpc) is 3.73. The summed E-state index contributed by atoms with van der Waals surface area (Å²) in [4.78, 5) is 27.0. The number of nitrogens with one attached hydrogen (secondary N) is 1. The minimum Gasteiger partial charge on any atom is -0.465 e. The van der Waals surface area contributed by atoms with Gasteiger partial charge in [-0.1, -0.05) is 61.0 Å². The van der Waals surface area contributed by atoms with Crippen LogP contribution in [0.15, 0.2) is 60.2 Å². The van der Waals surface area contributed by atoms with Gasteiger partial charge in [0.05, 0.1) is 12.7 Å². The molecule has 40 heavy (non-hydrogen) atoms. The van der Waals surface area contributed by atoms with Gasteiger partial charge in [0.2, 0.25) is 0 Å². The van der Waals surface area contributed by atoms with Gasteiger partial charge in [0, 0.05) is 18.6 Å². The van der Waals surface area contributed by atoms with Crippen LogP contribution in [0.3, 0.4) is 0 Å². The molecule has 2 aromatic rings. The topological polar surface area (TPSA) is 67.9 Å². The Morgan fingerprint density at radius 1 is 1.00 bits per heavy atom. The Labute approximate surface area is 240 Å². The number of methoxy groups -OCH3 is 1. The largest absolute Gasteiger partial charge is 0.465 e. The van der Waals surface area contributed by atoms with Crippen molar-refractivity contribution in [1.29, 1.82) is 0 Å². The second-order valence-electron chi connectivity index (χ2n) is 12.3. The van der Waals surface area contributed by atoms with Gasteiger partial charge in [-0.3, -0.25) is 0 Å². The first kappa shape index (κ1) is 29.9. The van der Waals surface area contributed by atoms with E-state index in [4.69, 9.17) is 9.47 Å². The standard InChI is InChI=1S/C34H46N2O4/c1-6-27(20-24-10-8-7-9-11-24)30-21-31(30)35-22-25-14-18-29(19-15-25)36(33(38)40-34(2,3)4)23-26-12-16-28(17-13-26)32(37)39-5/h7-13,16-17,20,25,29-31,35H,6,14-15,18-19,21-23H2,1-5H3/b27-20+. The molecule has 0 bridgehead atoms. The molecule has 0 aliphatic heterocycles. The highest BCUT2D eigenvalue weighted by atomic mass is 16.6. The molecule has 0 saturated heterocycles. The summed E-state index contributed by atoms with van der Waals surface area (Å²) in [5.74, 6) is 0.911. The minimum absolute atomic E-state index is 0.139. The van der Waals surface area contributed by atoms with Gasteiger partial charge in [-0.25, -0.2) is 9.59 Å². The predicted octanol–water partition coefficient (Wildman–Crippen LogP) is 7.24. The molecule has 6 nitrogen and oxygen atoms in total. The lowest BCUT2D eigenvalue weighted by atomic mass is 9.85. The number of carbonyl (C=O) groups excluding carboxylic acids is 2. The molecule has 2 aromatic carbocycles. The highest BCUT2D eigenvalue weighted by Crippen LogP contribution is 2.40. The van der Waals surface area contributed by atoms with Crippen LogP contribution in [-0.4, -0.2) is 48.3 Å². The van der Waals surface area contributed by atoms with E-state index in [2.05, 4.69) is 48.6 Å². The van der Waals surface area contributed by atoms with Gasteiger partial charge >= 0.3 is 12.1 Å². The summed E-state index contributed by atoms with van der Waals surface area (Å²) < 4.78 is 10.6. The number of rotatable bonds is 10. The third kappa shape index (κ3) is 8.44. The fraction of sp³-hybridized carbons (Fsp3) is 0.529. The highest BCUT2D eigenvalue weighted by Gasteiger charge is 2.39. The Bertz CT molecular complexity index is 1140. The molecule has 0 heterocycles. The summed E-state index contributed by atoms with van der Waals surface area (Å²) in [5, 5.41) is 3.85. The maximum Gasteiger partial charge on any atom is 0.410 e. The maximum absolute atomic E-state index is 13.3. The number of benzene rings is 2. The van der Waals surface area contributed by atoms with Crippen LogP contribution in [-0.2, 0) is 16.0 Å². The first-order valence-electron chi connectivity index (χ1n) is 14.8. The molecule has 4 rings (SSSR count). The van der Waals surface area contributed by atoms with E-state index in [-0.39, 0.29) is 18.1 Å². The van der Waals surface area contributed by atoms with Gasteiger partial charge < -0.3 is 19.7 Å². The Morgan fingerprint density at radius 2 is 1.68 bits per heavy atom. The van der Waals surface area contributed by atoms with E-state index in [0.29, 0.717) is 30.0 Å². The molecule has 2 saturated carbocycles. The van der Waals surface area contributed by atoms with Crippen molar-refractivity contribution in [2.45, 2.75) is 90.4 Å². The minimum atomic E-state index is -0.557. The van der Waals surface area contributed by atoms with Crippen molar-refractivity contribution in [3.05, 3.63) is 76.9 Å². The zero-order valence-electron chi connectivity index (χ0n) is 24.8. The predicted molar refractivity (Wildman–Crippen MR) is 160 cm³/mol. The van der Waals surface area contributed by atoms with Crippen LogP contribution in [0.1, 0.15) is 87.7 Å². The van der Waals surface area contributed by atoms with Crippen LogP contribution in [0.5, 0.6) is 0 Å². The SMILES string of the molecule is CC/C(=C\c1ccccc1)C1CC1NCC1CCC(N(Cc2ccc(C(=O)OC)cc2)C(=O)OC(C)(C)C)CC1. The fourth-order valence-electron chi connectivity index (χ4n) is 5.77. The highest BCUT2D eigenvalue weighted by molar-refractivity contribution is 5.89. The molecule has 0 aromatic heterocycles. The Balaban J connectivity index is 1.30. The molecule has 2 aliphatic rings. The van der Waals surface area contributed by atoms with E-state index in [1.807, 2.05) is 37.8 Å². The molecule has 2 fully saturated rings. The lowest BCUT2D eigenvalue weighted by Crippen LogP contribution is -2.45. The van der Waals surface area contributed by atoms with Crippen LogP contribution in [0.2, 0.25) is 0 Å². The Hall–Kier alpha value is -3.12. The van der Waals surface area contributed by atoms with Crippen molar-refractivity contribution in [3.8, 4) is 0 Å². The van der Waals surface area contributed by atoms with Crippen LogP contribution in [0.4, 0.5) is 4.79 Å². The van der Waals surface area contributed by atoms with Crippen molar-refractivity contribution >= 4 is 18.1 Å². The fourth-order valence-corrected chi connectivity index (χ4v) is 5.77. The van der Waals surface area contributed by atoms with Crippen molar-refractivity contribution in [2.24, 2.45) is 11.8 Å². The summed E-state index contributed by atoms with van der Waals surface area (Å²) in [6.07, 6.45) is 8.53. The molecule has 2 unspecified atom stereocenters. The monoisotopic (exact) mass is 546 g/mol. The quantitative estimate of drug-likeness (QED) is 0.318. The van der Waals surface area contributed by atoms with Crippen molar-refractivity contribution in [1.82, 2.24) is 10.2 Å². The lowest BCUT2D eigenvalue weighted by Gasteiger charge is -2.38. The number of carbonyl (C=O) groups is 2. The van der Waals surface area contributed by atoms with Crippen molar-refractivity contribution in [2.75, 3.05) is 13.7 Å². The number of hydrogen-bond acceptors (Lipinski definition) is 5. The molecular formula is C34H46N2O4. The number of esters is 1. The maximum atomic E-state index is 13.3. The van der Waals surface area contributed by atoms with Crippen molar-refractivity contribution in [3.63, 3.8) is 0 Å². The first-order valence-corrected chi connectivity index (χ1v) is 14.8. The van der Waals surface area contributed by atoms with Crippen LogP contribution in [0.25, 0.3) is 6.08 Å². The molecule has 216 valence electrons. The van der Waals surface area contributed by atoms with Gasteiger partial charge in [0.25, 0.3) is 0 Å². The van der Waals surface area contributed by atoms with E-state index < -0.39 is 5.60 Å². The molecule has 0 radical (unpaired) electrons. The van der Waals surface area contributed by atoms with Crippen LogP contribution in [0, 0.1) is 11.8 Å².